The third-order valence-electron chi connectivity index (χ3n) is 3.75. The van der Waals surface area contributed by atoms with Crippen molar-refractivity contribution in [2.75, 3.05) is 13.2 Å². The summed E-state index contributed by atoms with van der Waals surface area (Å²) in [6.07, 6.45) is 7.12. The molecule has 2 unspecified atom stereocenters. The van der Waals surface area contributed by atoms with Gasteiger partial charge in [-0.3, -0.25) is 0 Å². The summed E-state index contributed by atoms with van der Waals surface area (Å²) in [6.45, 7) is 4.45. The van der Waals surface area contributed by atoms with Gasteiger partial charge in [-0.15, -0.1) is 0 Å². The van der Waals surface area contributed by atoms with Crippen LogP contribution in [0.15, 0.2) is 0 Å². The van der Waals surface area contributed by atoms with Crippen LogP contribution in [0.3, 0.4) is 0 Å². The van der Waals surface area contributed by atoms with Crippen LogP contribution < -0.4 is 0 Å². The number of fused-ring (bicyclic) bond motifs is 2. The smallest absolute Gasteiger partial charge is 0.0497 e. The molecule has 0 radical (unpaired) electrons. The fraction of sp³-hybridized carbons (Fsp3) is 1.00. The van der Waals surface area contributed by atoms with Gasteiger partial charge in [0.2, 0.25) is 0 Å². The van der Waals surface area contributed by atoms with Crippen molar-refractivity contribution in [1.29, 1.82) is 0 Å². The number of hydrogen-bond donors (Lipinski definition) is 0. The van der Waals surface area contributed by atoms with Crippen LogP contribution in [0.4, 0.5) is 0 Å². The summed E-state index contributed by atoms with van der Waals surface area (Å²) in [7, 11) is 0. The Morgan fingerprint density at radius 1 is 1.08 bits per heavy atom. The molecular weight excluding hydrogens is 148 g/mol. The fourth-order valence-corrected chi connectivity index (χ4v) is 3.08. The maximum Gasteiger partial charge on any atom is 0.0497 e. The Hall–Kier alpha value is -0.0400. The SMILES string of the molecule is CCC1C2CCCCC1COC2. The van der Waals surface area contributed by atoms with Crippen molar-refractivity contribution in [2.45, 2.75) is 39.0 Å². The van der Waals surface area contributed by atoms with E-state index in [0.717, 1.165) is 31.0 Å². The van der Waals surface area contributed by atoms with Crippen molar-refractivity contribution in [3.63, 3.8) is 0 Å². The first-order chi connectivity index (χ1) is 5.92. The summed E-state index contributed by atoms with van der Waals surface area (Å²) in [5.41, 5.74) is 0. The zero-order valence-corrected chi connectivity index (χ0v) is 8.09. The molecule has 1 nitrogen and oxygen atoms in total. The molecule has 1 heteroatoms. The van der Waals surface area contributed by atoms with E-state index in [-0.39, 0.29) is 0 Å². The van der Waals surface area contributed by atoms with E-state index in [1.807, 2.05) is 0 Å². The maximum atomic E-state index is 5.65. The van der Waals surface area contributed by atoms with E-state index in [1.165, 1.54) is 32.1 Å². The molecule has 1 aliphatic heterocycles. The lowest BCUT2D eigenvalue weighted by atomic mass is 9.78. The van der Waals surface area contributed by atoms with Crippen molar-refractivity contribution in [2.24, 2.45) is 17.8 Å². The standard InChI is InChI=1S/C11H20O/c1-2-11-9-5-3-4-6-10(11)8-12-7-9/h9-11H,2-8H2,1H3. The molecule has 0 amide bonds. The first-order valence-corrected chi connectivity index (χ1v) is 5.49. The second kappa shape index (κ2) is 3.78. The summed E-state index contributed by atoms with van der Waals surface area (Å²) >= 11 is 0. The van der Waals surface area contributed by atoms with Gasteiger partial charge in [0.1, 0.15) is 0 Å². The molecule has 1 saturated heterocycles. The molecule has 0 aromatic rings. The molecule has 2 fully saturated rings. The summed E-state index contributed by atoms with van der Waals surface area (Å²) < 4.78 is 5.65. The third-order valence-corrected chi connectivity index (χ3v) is 3.75. The van der Waals surface area contributed by atoms with E-state index < -0.39 is 0 Å². The van der Waals surface area contributed by atoms with Crippen molar-refractivity contribution in [3.8, 4) is 0 Å². The lowest BCUT2D eigenvalue weighted by Gasteiger charge is -2.35. The molecule has 2 bridgehead atoms. The highest BCUT2D eigenvalue weighted by molar-refractivity contribution is 4.82. The quantitative estimate of drug-likeness (QED) is 0.585. The Labute approximate surface area is 75.5 Å². The van der Waals surface area contributed by atoms with Crippen molar-refractivity contribution in [3.05, 3.63) is 0 Å². The zero-order chi connectivity index (χ0) is 8.39. The van der Waals surface area contributed by atoms with Crippen LogP contribution in [0.25, 0.3) is 0 Å². The highest BCUT2D eigenvalue weighted by atomic mass is 16.5. The molecule has 2 atom stereocenters. The molecule has 0 aromatic carbocycles. The molecule has 1 aliphatic carbocycles. The van der Waals surface area contributed by atoms with E-state index in [0.29, 0.717) is 0 Å². The summed E-state index contributed by atoms with van der Waals surface area (Å²) in [5.74, 6) is 2.79. The van der Waals surface area contributed by atoms with Gasteiger partial charge in [-0.25, -0.2) is 0 Å². The summed E-state index contributed by atoms with van der Waals surface area (Å²) in [6, 6.07) is 0. The van der Waals surface area contributed by atoms with Gasteiger partial charge in [-0.1, -0.05) is 26.2 Å². The van der Waals surface area contributed by atoms with Gasteiger partial charge in [0.15, 0.2) is 0 Å². The van der Waals surface area contributed by atoms with Gasteiger partial charge in [0.05, 0.1) is 0 Å². The molecule has 1 heterocycles. The van der Waals surface area contributed by atoms with Gasteiger partial charge in [0.25, 0.3) is 0 Å². The largest absolute Gasteiger partial charge is 0.381 e. The molecular formula is C11H20O. The van der Waals surface area contributed by atoms with E-state index in [2.05, 4.69) is 6.92 Å². The van der Waals surface area contributed by atoms with Crippen molar-refractivity contribution < 1.29 is 4.74 Å². The Balaban J connectivity index is 2.07. The predicted molar refractivity (Wildman–Crippen MR) is 50.0 cm³/mol. The maximum absolute atomic E-state index is 5.65. The van der Waals surface area contributed by atoms with Crippen LogP contribution in [-0.2, 0) is 4.74 Å². The third kappa shape index (κ3) is 1.52. The second-order valence-electron chi connectivity index (χ2n) is 4.41. The van der Waals surface area contributed by atoms with E-state index in [4.69, 9.17) is 4.74 Å². The molecule has 0 spiro atoms. The summed E-state index contributed by atoms with van der Waals surface area (Å²) in [5, 5.41) is 0. The molecule has 1 saturated carbocycles. The Morgan fingerprint density at radius 2 is 1.67 bits per heavy atom. The number of rotatable bonds is 1. The topological polar surface area (TPSA) is 9.23 Å². The molecule has 2 rings (SSSR count). The van der Waals surface area contributed by atoms with E-state index >= 15 is 0 Å². The van der Waals surface area contributed by atoms with Crippen LogP contribution in [0.2, 0.25) is 0 Å². The number of hydrogen-bond acceptors (Lipinski definition) is 1. The fourth-order valence-electron chi connectivity index (χ4n) is 3.08. The molecule has 0 aromatic heterocycles. The van der Waals surface area contributed by atoms with Gasteiger partial charge >= 0.3 is 0 Å². The molecule has 0 N–H and O–H groups in total. The normalized spacial score (nSPS) is 42.2. The van der Waals surface area contributed by atoms with Crippen LogP contribution in [0.1, 0.15) is 39.0 Å². The Morgan fingerprint density at radius 3 is 2.17 bits per heavy atom. The van der Waals surface area contributed by atoms with Crippen molar-refractivity contribution >= 4 is 0 Å². The average molecular weight is 168 g/mol. The Kier molecular flexibility index (Phi) is 2.69. The van der Waals surface area contributed by atoms with Crippen LogP contribution >= 0.6 is 0 Å². The summed E-state index contributed by atoms with van der Waals surface area (Å²) in [4.78, 5) is 0. The minimum absolute atomic E-state index is 0.899. The molecule has 2 aliphatic rings. The molecule has 12 heavy (non-hydrogen) atoms. The zero-order valence-electron chi connectivity index (χ0n) is 8.09. The highest BCUT2D eigenvalue weighted by Crippen LogP contribution is 2.38. The van der Waals surface area contributed by atoms with Crippen LogP contribution in [-0.4, -0.2) is 13.2 Å². The lowest BCUT2D eigenvalue weighted by molar-refractivity contribution is -0.0277. The van der Waals surface area contributed by atoms with E-state index in [9.17, 15) is 0 Å². The van der Waals surface area contributed by atoms with Crippen LogP contribution in [0, 0.1) is 17.8 Å². The van der Waals surface area contributed by atoms with E-state index in [1.54, 1.807) is 0 Å². The van der Waals surface area contributed by atoms with Gasteiger partial charge in [0, 0.05) is 13.2 Å². The van der Waals surface area contributed by atoms with Gasteiger partial charge in [-0.05, 0) is 30.6 Å². The minimum atomic E-state index is 0.899. The second-order valence-corrected chi connectivity index (χ2v) is 4.41. The molecule has 70 valence electrons. The first-order valence-electron chi connectivity index (χ1n) is 5.49. The van der Waals surface area contributed by atoms with Gasteiger partial charge in [-0.2, -0.15) is 0 Å². The Bertz CT molecular complexity index is 130. The average Bonchev–Trinajstić information content (AvgIpc) is 2.21. The monoisotopic (exact) mass is 168 g/mol. The van der Waals surface area contributed by atoms with Crippen molar-refractivity contribution in [1.82, 2.24) is 0 Å². The number of ether oxygens (including phenoxy) is 1. The van der Waals surface area contributed by atoms with Gasteiger partial charge < -0.3 is 4.74 Å². The minimum Gasteiger partial charge on any atom is -0.381 e. The first kappa shape index (κ1) is 8.55. The lowest BCUT2D eigenvalue weighted by Crippen LogP contribution is -2.33. The van der Waals surface area contributed by atoms with Crippen LogP contribution in [0.5, 0.6) is 0 Å². The highest BCUT2D eigenvalue weighted by Gasteiger charge is 2.33. The predicted octanol–water partition coefficient (Wildman–Crippen LogP) is 2.85.